The van der Waals surface area contributed by atoms with E-state index in [-0.39, 0.29) is 96.9 Å². The zero-order valence-corrected chi connectivity index (χ0v) is 69.5. The van der Waals surface area contributed by atoms with Crippen LogP contribution in [0.1, 0.15) is 228 Å². The molecule has 0 spiro atoms. The molecule has 24 heteroatoms. The molecule has 0 heterocycles. The molecule has 1 aliphatic carbocycles. The van der Waals surface area contributed by atoms with E-state index in [4.69, 9.17) is 61.6 Å². The largest absolute Gasteiger partial charge is 0.494 e. The van der Waals surface area contributed by atoms with Crippen LogP contribution in [0.2, 0.25) is 0 Å². The molecular formula is C96H114O24. The van der Waals surface area contributed by atoms with Crippen molar-refractivity contribution >= 4 is 65.7 Å². The lowest BCUT2D eigenvalue weighted by atomic mass is 9.93. The molecule has 0 amide bonds. The summed E-state index contributed by atoms with van der Waals surface area (Å²) >= 11 is 0. The van der Waals surface area contributed by atoms with Gasteiger partial charge in [-0.2, -0.15) is 0 Å². The molecule has 0 N–H and O–H groups in total. The van der Waals surface area contributed by atoms with E-state index in [1.54, 1.807) is 117 Å². The number of carbonyl (C=O) groups is 11. The molecule has 0 aliphatic heterocycles. The number of hydrogen-bond donors (Lipinski definition) is 0. The lowest BCUT2D eigenvalue weighted by Crippen LogP contribution is -2.29. The molecule has 0 radical (unpaired) electrons. The van der Waals surface area contributed by atoms with Crippen LogP contribution in [0, 0.1) is 0 Å². The smallest absolute Gasteiger partial charge is 0.343 e. The maximum Gasteiger partial charge on any atom is 0.343 e. The second-order valence-corrected chi connectivity index (χ2v) is 29.4. The molecule has 0 saturated heterocycles. The van der Waals surface area contributed by atoms with Gasteiger partial charge in [0.05, 0.1) is 132 Å². The summed E-state index contributed by atoms with van der Waals surface area (Å²) < 4.78 is 70.6. The number of rotatable bonds is 57. The van der Waals surface area contributed by atoms with Gasteiger partial charge in [-0.15, -0.1) is 0 Å². The number of unbranched alkanes of at least 4 members (excludes halogenated alkanes) is 14. The van der Waals surface area contributed by atoms with Gasteiger partial charge in [0.1, 0.15) is 17.2 Å². The van der Waals surface area contributed by atoms with Gasteiger partial charge in [-0.05, 0) is 242 Å². The molecule has 6 aromatic rings. The third-order valence-corrected chi connectivity index (χ3v) is 19.1. The highest BCUT2D eigenvalue weighted by molar-refractivity contribution is 5.94. The fraction of sp³-hybridized carbons (Fsp3) is 0.427. The van der Waals surface area contributed by atoms with Gasteiger partial charge in [0.2, 0.25) is 0 Å². The molecule has 1 unspecified atom stereocenters. The number of aryl methyl sites for hydroxylation is 1. The summed E-state index contributed by atoms with van der Waals surface area (Å²) in [5.41, 5.74) is 6.74. The number of ether oxygens (including phenoxy) is 13. The van der Waals surface area contributed by atoms with Crippen LogP contribution in [-0.4, -0.2) is 144 Å². The summed E-state index contributed by atoms with van der Waals surface area (Å²) in [6.07, 6.45) is 21.6. The standard InChI is InChI=1S/C96H114O24/c1-70(2)89(101)113-62-20-9-7-6-8-16-26-72-27-29-79(30-28-72)94(106)119-83-47-39-75(40-48-83)73-31-35-77(36-32-73)91(103)115-65-23-15-12-19-61-110-86(98)52-54-88(100)112-67-25-69-118-96(5)57-55-81(56-58-96)93(105)117-68-24-66-111-87(99)53-51-85(97)109-60-18-11-14-22-64-116-92(104)78-37-33-74(34-38-78)76-41-49-84(50-42-76)120-95(107)80-43-45-82(46-44-80)108-59-17-10-13-21-63-114-90(102)71(3)4/h27-50,55-57H,1,3,6-26,51-54,58-69H2,2,4-5H3. The predicted octanol–water partition coefficient (Wildman–Crippen LogP) is 18.4. The van der Waals surface area contributed by atoms with Crippen molar-refractivity contribution in [2.45, 2.75) is 193 Å². The molecule has 24 nitrogen and oxygen atoms in total. The Morgan fingerprint density at radius 2 is 0.608 bits per heavy atom. The quantitative estimate of drug-likeness (QED) is 0.0113. The lowest BCUT2D eigenvalue weighted by Gasteiger charge is -2.28. The molecule has 7 rings (SSSR count). The van der Waals surface area contributed by atoms with Gasteiger partial charge in [-0.3, -0.25) is 19.2 Å². The zero-order chi connectivity index (χ0) is 86.0. The topological polar surface area (TPSA) is 308 Å². The van der Waals surface area contributed by atoms with Crippen molar-refractivity contribution in [3.63, 3.8) is 0 Å². The van der Waals surface area contributed by atoms with E-state index in [0.717, 1.165) is 124 Å². The Bertz CT molecular complexity index is 4330. The van der Waals surface area contributed by atoms with Crippen LogP contribution in [0.3, 0.4) is 0 Å². The minimum absolute atomic E-state index is 0.00469. The SMILES string of the molecule is C=C(C)C(=O)OCCCCCCCCc1ccc(C(=O)Oc2ccc(-c3ccc(C(=O)OCCCCCCOC(=O)CCC(=O)OCCCOC4(C)C=CC(C(=O)OCCCOC(=O)CCC(=O)OCCCCCCOC(=O)c5ccc(-c6ccc(OC(=O)c7ccc(OCCCCCCOC(=O)C(=C)C)cc7)cc6)cc5)=CC4)cc3)cc2)cc1. The molecule has 0 aromatic heterocycles. The minimum atomic E-state index is -0.706. The van der Waals surface area contributed by atoms with Crippen molar-refractivity contribution in [1.82, 2.24) is 0 Å². The summed E-state index contributed by atoms with van der Waals surface area (Å²) in [6, 6.07) is 42.5. The van der Waals surface area contributed by atoms with Gasteiger partial charge in [0, 0.05) is 24.0 Å². The first-order valence-corrected chi connectivity index (χ1v) is 41.6. The average Bonchev–Trinajstić information content (AvgIpc) is 0.847. The highest BCUT2D eigenvalue weighted by Gasteiger charge is 2.26. The summed E-state index contributed by atoms with van der Waals surface area (Å²) in [6.45, 7) is 14.8. The van der Waals surface area contributed by atoms with E-state index in [0.29, 0.717) is 115 Å². The highest BCUT2D eigenvalue weighted by Crippen LogP contribution is 2.29. The maximum absolute atomic E-state index is 12.9. The van der Waals surface area contributed by atoms with Crippen molar-refractivity contribution in [3.8, 4) is 39.5 Å². The van der Waals surface area contributed by atoms with Crippen molar-refractivity contribution in [2.75, 3.05) is 72.7 Å². The number of hydrogen-bond acceptors (Lipinski definition) is 24. The molecule has 0 bridgehead atoms. The monoisotopic (exact) mass is 1650 g/mol. The van der Waals surface area contributed by atoms with E-state index in [2.05, 4.69) is 13.2 Å². The zero-order valence-electron chi connectivity index (χ0n) is 69.5. The van der Waals surface area contributed by atoms with Crippen molar-refractivity contribution in [1.29, 1.82) is 0 Å². The first-order valence-electron chi connectivity index (χ1n) is 41.6. The van der Waals surface area contributed by atoms with Crippen LogP contribution in [-0.2, 0) is 87.4 Å². The van der Waals surface area contributed by atoms with Crippen LogP contribution in [0.4, 0.5) is 0 Å². The molecule has 0 fully saturated rings. The normalized spacial score (nSPS) is 12.6. The average molecular weight is 1650 g/mol. The van der Waals surface area contributed by atoms with Crippen LogP contribution >= 0.6 is 0 Å². The fourth-order valence-corrected chi connectivity index (χ4v) is 12.0. The van der Waals surface area contributed by atoms with Gasteiger partial charge in [-0.25, -0.2) is 33.6 Å². The third-order valence-electron chi connectivity index (χ3n) is 19.1. The molecule has 6 aromatic carbocycles. The third kappa shape index (κ3) is 37.9. The first kappa shape index (κ1) is 95.4. The van der Waals surface area contributed by atoms with E-state index < -0.39 is 59.3 Å². The Morgan fingerprint density at radius 3 is 1.00 bits per heavy atom. The summed E-state index contributed by atoms with van der Waals surface area (Å²) in [5, 5.41) is 0. The molecule has 120 heavy (non-hydrogen) atoms. The Kier molecular flexibility index (Phi) is 43.2. The van der Waals surface area contributed by atoms with E-state index >= 15 is 0 Å². The molecule has 642 valence electrons. The Morgan fingerprint density at radius 1 is 0.308 bits per heavy atom. The summed E-state index contributed by atoms with van der Waals surface area (Å²) in [4.78, 5) is 136. The second kappa shape index (κ2) is 54.3. The van der Waals surface area contributed by atoms with Gasteiger partial charge < -0.3 is 61.6 Å². The Balaban J connectivity index is 0.604. The first-order chi connectivity index (χ1) is 58.1. The Hall–Kier alpha value is -11.8. The van der Waals surface area contributed by atoms with Crippen LogP contribution in [0.25, 0.3) is 22.3 Å². The maximum atomic E-state index is 12.9. The van der Waals surface area contributed by atoms with Crippen LogP contribution < -0.4 is 14.2 Å². The van der Waals surface area contributed by atoms with Gasteiger partial charge >= 0.3 is 65.7 Å². The van der Waals surface area contributed by atoms with Crippen LogP contribution in [0.5, 0.6) is 17.2 Å². The molecule has 1 aliphatic rings. The van der Waals surface area contributed by atoms with Crippen molar-refractivity contribution in [2.24, 2.45) is 0 Å². The fourth-order valence-electron chi connectivity index (χ4n) is 12.0. The van der Waals surface area contributed by atoms with Gasteiger partial charge in [0.25, 0.3) is 0 Å². The summed E-state index contributed by atoms with van der Waals surface area (Å²) in [5.74, 6) is -3.79. The number of benzene rings is 6. The van der Waals surface area contributed by atoms with E-state index in [1.807, 2.05) is 67.6 Å². The molecular weight excluding hydrogens is 1540 g/mol. The molecule has 1 atom stereocenters. The van der Waals surface area contributed by atoms with Gasteiger partial charge in [0.15, 0.2) is 0 Å². The predicted molar refractivity (Wildman–Crippen MR) is 450 cm³/mol. The Labute approximate surface area is 703 Å². The highest BCUT2D eigenvalue weighted by atomic mass is 16.6. The van der Waals surface area contributed by atoms with Gasteiger partial charge in [-0.1, -0.05) is 112 Å². The van der Waals surface area contributed by atoms with E-state index in [9.17, 15) is 52.7 Å². The van der Waals surface area contributed by atoms with Crippen molar-refractivity contribution < 1.29 is 114 Å². The summed E-state index contributed by atoms with van der Waals surface area (Å²) in [7, 11) is 0. The minimum Gasteiger partial charge on any atom is -0.494 e. The van der Waals surface area contributed by atoms with E-state index in [1.165, 1.54) is 0 Å². The number of esters is 11. The second-order valence-electron chi connectivity index (χ2n) is 29.4. The number of carbonyl (C=O) groups excluding carboxylic acids is 11. The molecule has 0 saturated carbocycles. The van der Waals surface area contributed by atoms with Crippen molar-refractivity contribution in [3.05, 3.63) is 222 Å². The van der Waals surface area contributed by atoms with Crippen LogP contribution in [0.15, 0.2) is 194 Å². The lowest BCUT2D eigenvalue weighted by molar-refractivity contribution is -0.151.